The highest BCUT2D eigenvalue weighted by Gasteiger charge is 2.36. The average molecular weight is 289 g/mol. The summed E-state index contributed by atoms with van der Waals surface area (Å²) in [4.78, 5) is 13.0. The van der Waals surface area contributed by atoms with Gasteiger partial charge in [0.1, 0.15) is 0 Å². The number of amides is 1. The van der Waals surface area contributed by atoms with Gasteiger partial charge >= 0.3 is 0 Å². The molecule has 0 radical (unpaired) electrons. The molecule has 0 saturated carbocycles. The third-order valence-corrected chi connectivity index (χ3v) is 6.20. The number of nitrogens with zero attached hydrogens (tertiary/aromatic N) is 3. The molecule has 0 bridgehead atoms. The summed E-state index contributed by atoms with van der Waals surface area (Å²) in [5, 5.41) is 0. The minimum Gasteiger partial charge on any atom is -0.340 e. The fraction of sp³-hybridized carbons (Fsp3) is 0.917. The minimum atomic E-state index is -3.35. The molecule has 0 aromatic heterocycles. The third kappa shape index (κ3) is 3.09. The zero-order valence-corrected chi connectivity index (χ0v) is 12.5. The largest absolute Gasteiger partial charge is 0.340 e. The number of carbonyl (C=O) groups is 1. The van der Waals surface area contributed by atoms with Crippen molar-refractivity contribution >= 4 is 16.1 Å². The molecule has 0 N–H and O–H groups in total. The van der Waals surface area contributed by atoms with Crippen LogP contribution in [0, 0.1) is 0 Å². The van der Waals surface area contributed by atoms with Gasteiger partial charge in [0, 0.05) is 45.7 Å². The lowest BCUT2D eigenvalue weighted by Gasteiger charge is -2.39. The van der Waals surface area contributed by atoms with Crippen LogP contribution in [0.15, 0.2) is 0 Å². The molecule has 2 saturated heterocycles. The Morgan fingerprint density at radius 1 is 1.05 bits per heavy atom. The molecule has 2 aliphatic rings. The maximum atomic E-state index is 12.6. The molecule has 7 heteroatoms. The van der Waals surface area contributed by atoms with Crippen molar-refractivity contribution in [1.29, 1.82) is 0 Å². The van der Waals surface area contributed by atoms with E-state index in [0.717, 1.165) is 19.3 Å². The summed E-state index contributed by atoms with van der Waals surface area (Å²) in [7, 11) is -3.35. The van der Waals surface area contributed by atoms with Crippen molar-refractivity contribution in [1.82, 2.24) is 13.5 Å². The molecule has 0 aliphatic carbocycles. The second-order valence-corrected chi connectivity index (χ2v) is 7.25. The van der Waals surface area contributed by atoms with Crippen molar-refractivity contribution in [2.45, 2.75) is 39.2 Å². The van der Waals surface area contributed by atoms with Crippen LogP contribution in [0.3, 0.4) is 0 Å². The normalized spacial score (nSPS) is 27.5. The lowest BCUT2D eigenvalue weighted by atomic mass is 10.1. The van der Waals surface area contributed by atoms with Crippen LogP contribution in [-0.4, -0.2) is 66.6 Å². The summed E-state index contributed by atoms with van der Waals surface area (Å²) in [6, 6.07) is 0.0876. The Morgan fingerprint density at radius 2 is 1.68 bits per heavy atom. The Bertz CT molecular complexity index is 430. The quantitative estimate of drug-likeness (QED) is 0.733. The van der Waals surface area contributed by atoms with Crippen LogP contribution in [0.2, 0.25) is 0 Å². The zero-order chi connectivity index (χ0) is 14.0. The lowest BCUT2D eigenvalue weighted by Crippen LogP contribution is -2.56. The summed E-state index contributed by atoms with van der Waals surface area (Å²) in [5.74, 6) is 0.0170. The van der Waals surface area contributed by atoms with Gasteiger partial charge in [-0.1, -0.05) is 6.42 Å². The lowest BCUT2D eigenvalue weighted by molar-refractivity contribution is -0.130. The van der Waals surface area contributed by atoms with Gasteiger partial charge in [0.25, 0.3) is 10.2 Å². The van der Waals surface area contributed by atoms with Crippen molar-refractivity contribution in [3.63, 3.8) is 0 Å². The van der Waals surface area contributed by atoms with Gasteiger partial charge in [0.15, 0.2) is 0 Å². The van der Waals surface area contributed by atoms with Crippen LogP contribution in [0.5, 0.6) is 0 Å². The molecule has 6 nitrogen and oxygen atoms in total. The summed E-state index contributed by atoms with van der Waals surface area (Å²) in [6.45, 7) is 5.93. The van der Waals surface area contributed by atoms with Gasteiger partial charge in [0.2, 0.25) is 5.91 Å². The van der Waals surface area contributed by atoms with E-state index in [9.17, 15) is 13.2 Å². The molecule has 19 heavy (non-hydrogen) atoms. The van der Waals surface area contributed by atoms with Gasteiger partial charge in [-0.25, -0.2) is 0 Å². The molecule has 1 atom stereocenters. The summed E-state index contributed by atoms with van der Waals surface area (Å²) in [5.41, 5.74) is 0. The highest BCUT2D eigenvalue weighted by molar-refractivity contribution is 7.86. The van der Waals surface area contributed by atoms with Gasteiger partial charge in [0.05, 0.1) is 0 Å². The first-order valence-electron chi connectivity index (χ1n) is 6.95. The molecule has 0 aromatic carbocycles. The summed E-state index contributed by atoms with van der Waals surface area (Å²) < 4.78 is 28.3. The fourth-order valence-corrected chi connectivity index (χ4v) is 4.64. The van der Waals surface area contributed by atoms with Gasteiger partial charge in [-0.2, -0.15) is 17.0 Å². The molecule has 2 rings (SSSR count). The molecular formula is C12H23N3O3S. The zero-order valence-electron chi connectivity index (χ0n) is 11.7. The predicted octanol–water partition coefficient (Wildman–Crippen LogP) is 0.270. The van der Waals surface area contributed by atoms with E-state index in [-0.39, 0.29) is 11.9 Å². The molecule has 2 fully saturated rings. The second-order valence-electron chi connectivity index (χ2n) is 5.37. The van der Waals surface area contributed by atoms with Gasteiger partial charge in [-0.3, -0.25) is 4.79 Å². The van der Waals surface area contributed by atoms with Crippen LogP contribution in [0.1, 0.15) is 33.1 Å². The second kappa shape index (κ2) is 5.76. The Kier molecular flexibility index (Phi) is 4.47. The Hall–Kier alpha value is -0.660. The molecule has 2 heterocycles. The van der Waals surface area contributed by atoms with E-state index in [4.69, 9.17) is 0 Å². The molecule has 0 unspecified atom stereocenters. The van der Waals surface area contributed by atoms with Crippen molar-refractivity contribution in [3.8, 4) is 0 Å². The molecule has 110 valence electrons. The van der Waals surface area contributed by atoms with Crippen molar-refractivity contribution in [3.05, 3.63) is 0 Å². The van der Waals surface area contributed by atoms with Gasteiger partial charge in [-0.15, -0.1) is 0 Å². The van der Waals surface area contributed by atoms with Crippen LogP contribution >= 0.6 is 0 Å². The van der Waals surface area contributed by atoms with E-state index >= 15 is 0 Å². The maximum Gasteiger partial charge on any atom is 0.282 e. The molecule has 1 amide bonds. The molecule has 0 spiro atoms. The highest BCUT2D eigenvalue weighted by atomic mass is 32.2. The summed E-state index contributed by atoms with van der Waals surface area (Å²) >= 11 is 0. The van der Waals surface area contributed by atoms with Crippen LogP contribution < -0.4 is 0 Å². The standard InChI is InChI=1S/C12H23N3O3S/c1-11-5-3-4-6-15(11)19(17,18)14-9-7-13(8-10-14)12(2)16/h11H,3-10H2,1-2H3/t11-/m1/s1. The molecule has 0 aromatic rings. The first-order chi connectivity index (χ1) is 8.93. The first-order valence-corrected chi connectivity index (χ1v) is 8.35. The number of carbonyl (C=O) groups excluding carboxylic acids is 1. The Morgan fingerprint density at radius 3 is 2.21 bits per heavy atom. The monoisotopic (exact) mass is 289 g/mol. The van der Waals surface area contributed by atoms with Crippen LogP contribution in [0.25, 0.3) is 0 Å². The predicted molar refractivity (Wildman–Crippen MR) is 72.8 cm³/mol. The van der Waals surface area contributed by atoms with E-state index in [1.54, 1.807) is 9.21 Å². The van der Waals surface area contributed by atoms with Crippen LogP contribution in [0.4, 0.5) is 0 Å². The maximum absolute atomic E-state index is 12.6. The SMILES string of the molecule is CC(=O)N1CCN(S(=O)(=O)N2CCCC[C@H]2C)CC1. The van der Waals surface area contributed by atoms with E-state index in [1.807, 2.05) is 6.92 Å². The third-order valence-electron chi connectivity index (χ3n) is 4.05. The Labute approximate surface area is 115 Å². The van der Waals surface area contributed by atoms with Crippen molar-refractivity contribution in [2.75, 3.05) is 32.7 Å². The molecule has 2 aliphatic heterocycles. The smallest absolute Gasteiger partial charge is 0.282 e. The number of rotatable bonds is 2. The summed E-state index contributed by atoms with van der Waals surface area (Å²) in [6.07, 6.45) is 2.98. The van der Waals surface area contributed by atoms with Gasteiger partial charge < -0.3 is 4.90 Å². The first kappa shape index (κ1) is 14.7. The highest BCUT2D eigenvalue weighted by Crippen LogP contribution is 2.23. The average Bonchev–Trinajstić information content (AvgIpc) is 2.39. The van der Waals surface area contributed by atoms with Crippen molar-refractivity contribution in [2.24, 2.45) is 0 Å². The number of piperazine rings is 1. The number of piperidine rings is 1. The van der Waals surface area contributed by atoms with E-state index in [2.05, 4.69) is 0 Å². The molecular weight excluding hydrogens is 266 g/mol. The minimum absolute atomic E-state index is 0.0170. The van der Waals surface area contributed by atoms with Crippen LogP contribution in [-0.2, 0) is 15.0 Å². The Balaban J connectivity index is 2.03. The van der Waals surface area contributed by atoms with E-state index in [1.165, 1.54) is 11.2 Å². The number of hydrogen-bond acceptors (Lipinski definition) is 3. The van der Waals surface area contributed by atoms with E-state index in [0.29, 0.717) is 32.7 Å². The topological polar surface area (TPSA) is 60.9 Å². The van der Waals surface area contributed by atoms with Crippen molar-refractivity contribution < 1.29 is 13.2 Å². The van der Waals surface area contributed by atoms with Gasteiger partial charge in [-0.05, 0) is 19.8 Å². The van der Waals surface area contributed by atoms with E-state index < -0.39 is 10.2 Å². The number of hydrogen-bond donors (Lipinski definition) is 0. The fourth-order valence-electron chi connectivity index (χ4n) is 2.80.